The zero-order valence-corrected chi connectivity index (χ0v) is 12.1. The van der Waals surface area contributed by atoms with Crippen molar-refractivity contribution in [2.45, 2.75) is 19.8 Å². The van der Waals surface area contributed by atoms with Crippen molar-refractivity contribution in [2.75, 3.05) is 18.4 Å². The highest BCUT2D eigenvalue weighted by Gasteiger charge is 2.23. The normalized spacial score (nSPS) is 16.9. The van der Waals surface area contributed by atoms with Gasteiger partial charge in [-0.3, -0.25) is 4.79 Å². The van der Waals surface area contributed by atoms with E-state index >= 15 is 0 Å². The van der Waals surface area contributed by atoms with Gasteiger partial charge >= 0.3 is 0 Å². The van der Waals surface area contributed by atoms with Crippen molar-refractivity contribution in [2.24, 2.45) is 5.92 Å². The molecule has 0 aromatic heterocycles. The zero-order valence-electron chi connectivity index (χ0n) is 10.5. The maximum atomic E-state index is 12.3. The van der Waals surface area contributed by atoms with Gasteiger partial charge in [0.05, 0.1) is 0 Å². The van der Waals surface area contributed by atoms with E-state index in [2.05, 4.69) is 15.9 Å². The van der Waals surface area contributed by atoms with Gasteiger partial charge in [0.2, 0.25) is 0 Å². The summed E-state index contributed by atoms with van der Waals surface area (Å²) < 4.78 is 0. The minimum absolute atomic E-state index is 0.0751. The number of benzene rings is 1. The van der Waals surface area contributed by atoms with Crippen molar-refractivity contribution in [1.82, 2.24) is 4.90 Å². The van der Waals surface area contributed by atoms with Crippen molar-refractivity contribution in [1.29, 1.82) is 0 Å². The number of hydrogen-bond acceptors (Lipinski definition) is 2. The Labute approximate surface area is 116 Å². The fourth-order valence-corrected chi connectivity index (χ4v) is 2.91. The van der Waals surface area contributed by atoms with Gasteiger partial charge in [-0.2, -0.15) is 0 Å². The van der Waals surface area contributed by atoms with Gasteiger partial charge in [-0.25, -0.2) is 0 Å². The molecule has 1 amide bonds. The number of piperidine rings is 1. The number of carbonyl (C=O) groups excluding carboxylic acids is 1. The number of hydrogen-bond donors (Lipinski definition) is 1. The first-order valence-electron chi connectivity index (χ1n) is 6.26. The van der Waals surface area contributed by atoms with Crippen LogP contribution in [0.2, 0.25) is 0 Å². The highest BCUT2D eigenvalue weighted by Crippen LogP contribution is 2.22. The standard InChI is InChI=1S/C14H18BrNO2/c1-10-8-12(2-3-13(10)17)14(18)16-6-4-11(9-15)5-7-16/h2-3,8,11,17H,4-7,9H2,1H3. The van der Waals surface area contributed by atoms with Gasteiger partial charge in [0.1, 0.15) is 5.75 Å². The Balaban J connectivity index is 2.05. The molecule has 4 heteroatoms. The van der Waals surface area contributed by atoms with Gasteiger partial charge < -0.3 is 10.0 Å². The molecule has 0 aliphatic carbocycles. The molecule has 98 valence electrons. The molecule has 18 heavy (non-hydrogen) atoms. The molecule has 2 rings (SSSR count). The van der Waals surface area contributed by atoms with E-state index in [-0.39, 0.29) is 11.7 Å². The average Bonchev–Trinajstić information content (AvgIpc) is 2.41. The number of rotatable bonds is 2. The number of carbonyl (C=O) groups is 1. The third-order valence-electron chi connectivity index (χ3n) is 3.56. The summed E-state index contributed by atoms with van der Waals surface area (Å²) in [5, 5.41) is 10.5. The zero-order chi connectivity index (χ0) is 13.1. The van der Waals surface area contributed by atoms with E-state index < -0.39 is 0 Å². The lowest BCUT2D eigenvalue weighted by Crippen LogP contribution is -2.38. The quantitative estimate of drug-likeness (QED) is 0.853. The first-order valence-corrected chi connectivity index (χ1v) is 7.39. The SMILES string of the molecule is Cc1cc(C(=O)N2CCC(CBr)CC2)ccc1O. The van der Waals surface area contributed by atoms with Crippen LogP contribution in [0, 0.1) is 12.8 Å². The maximum absolute atomic E-state index is 12.3. The first kappa shape index (κ1) is 13.4. The number of phenolic OH excluding ortho intramolecular Hbond substituents is 1. The fraction of sp³-hybridized carbons (Fsp3) is 0.500. The van der Waals surface area contributed by atoms with Gasteiger partial charge in [0.25, 0.3) is 5.91 Å². The molecule has 1 aliphatic rings. The topological polar surface area (TPSA) is 40.5 Å². The Kier molecular flexibility index (Phi) is 4.27. The molecule has 1 aromatic carbocycles. The summed E-state index contributed by atoms with van der Waals surface area (Å²) in [5.74, 6) is 1.01. The molecule has 0 atom stereocenters. The predicted molar refractivity (Wildman–Crippen MR) is 75.3 cm³/mol. The first-order chi connectivity index (χ1) is 8.61. The molecule has 0 saturated carbocycles. The molecule has 1 fully saturated rings. The number of likely N-dealkylation sites (tertiary alicyclic amines) is 1. The summed E-state index contributed by atoms with van der Waals surface area (Å²) in [6.45, 7) is 3.47. The Morgan fingerprint density at radius 1 is 1.44 bits per heavy atom. The van der Waals surface area contributed by atoms with Gasteiger partial charge in [0, 0.05) is 24.0 Å². The van der Waals surface area contributed by atoms with Crippen LogP contribution in [0.3, 0.4) is 0 Å². The highest BCUT2D eigenvalue weighted by molar-refractivity contribution is 9.09. The number of halogens is 1. The molecule has 0 radical (unpaired) electrons. The van der Waals surface area contributed by atoms with Crippen molar-refractivity contribution < 1.29 is 9.90 Å². The summed E-state index contributed by atoms with van der Waals surface area (Å²) in [5.41, 5.74) is 1.42. The van der Waals surface area contributed by atoms with Crippen LogP contribution < -0.4 is 0 Å². The number of aromatic hydroxyl groups is 1. The number of amides is 1. The van der Waals surface area contributed by atoms with Crippen LogP contribution in [0.25, 0.3) is 0 Å². The fourth-order valence-electron chi connectivity index (χ4n) is 2.26. The van der Waals surface area contributed by atoms with E-state index in [0.29, 0.717) is 11.5 Å². The smallest absolute Gasteiger partial charge is 0.253 e. The van der Waals surface area contributed by atoms with Crippen molar-refractivity contribution in [3.63, 3.8) is 0 Å². The second-order valence-electron chi connectivity index (χ2n) is 4.89. The van der Waals surface area contributed by atoms with Crippen molar-refractivity contribution in [3.05, 3.63) is 29.3 Å². The predicted octanol–water partition coefficient (Wildman–Crippen LogP) is 2.95. The molecule has 1 heterocycles. The van der Waals surface area contributed by atoms with Crippen LogP contribution >= 0.6 is 15.9 Å². The Bertz CT molecular complexity index is 439. The minimum atomic E-state index is 0.0751. The third-order valence-corrected chi connectivity index (χ3v) is 4.48. The monoisotopic (exact) mass is 311 g/mol. The van der Waals surface area contributed by atoms with E-state index in [1.807, 2.05) is 11.8 Å². The molecular weight excluding hydrogens is 294 g/mol. The maximum Gasteiger partial charge on any atom is 0.253 e. The Morgan fingerprint density at radius 2 is 2.11 bits per heavy atom. The summed E-state index contributed by atoms with van der Waals surface area (Å²) in [6.07, 6.45) is 2.13. The lowest BCUT2D eigenvalue weighted by Gasteiger charge is -2.31. The number of nitrogens with zero attached hydrogens (tertiary/aromatic N) is 1. The van der Waals surface area contributed by atoms with Crippen LogP contribution in [-0.4, -0.2) is 34.3 Å². The van der Waals surface area contributed by atoms with E-state index in [0.717, 1.165) is 36.8 Å². The lowest BCUT2D eigenvalue weighted by atomic mass is 9.98. The summed E-state index contributed by atoms with van der Waals surface area (Å²) >= 11 is 3.50. The molecule has 1 aliphatic heterocycles. The van der Waals surface area contributed by atoms with E-state index in [1.165, 1.54) is 0 Å². The summed E-state index contributed by atoms with van der Waals surface area (Å²) in [7, 11) is 0. The number of alkyl halides is 1. The number of phenols is 1. The lowest BCUT2D eigenvalue weighted by molar-refractivity contribution is 0.0699. The van der Waals surface area contributed by atoms with Crippen molar-refractivity contribution in [3.8, 4) is 5.75 Å². The van der Waals surface area contributed by atoms with Gasteiger partial charge in [-0.1, -0.05) is 15.9 Å². The van der Waals surface area contributed by atoms with Gasteiger partial charge in [-0.15, -0.1) is 0 Å². The van der Waals surface area contributed by atoms with Crippen LogP contribution in [0.1, 0.15) is 28.8 Å². The van der Waals surface area contributed by atoms with E-state index in [1.54, 1.807) is 18.2 Å². The Morgan fingerprint density at radius 3 is 2.67 bits per heavy atom. The Hall–Kier alpha value is -1.03. The second-order valence-corrected chi connectivity index (χ2v) is 5.54. The molecule has 1 aromatic rings. The molecule has 0 spiro atoms. The van der Waals surface area contributed by atoms with Crippen LogP contribution in [0.4, 0.5) is 0 Å². The van der Waals surface area contributed by atoms with Gasteiger partial charge in [0.15, 0.2) is 0 Å². The van der Waals surface area contributed by atoms with Crippen LogP contribution in [0.5, 0.6) is 5.75 Å². The van der Waals surface area contributed by atoms with Crippen molar-refractivity contribution >= 4 is 21.8 Å². The second kappa shape index (κ2) is 5.74. The van der Waals surface area contributed by atoms with E-state index in [4.69, 9.17) is 0 Å². The largest absolute Gasteiger partial charge is 0.508 e. The van der Waals surface area contributed by atoms with Crippen LogP contribution in [-0.2, 0) is 0 Å². The average molecular weight is 312 g/mol. The molecular formula is C14H18BrNO2. The molecule has 0 bridgehead atoms. The number of aryl methyl sites for hydroxylation is 1. The minimum Gasteiger partial charge on any atom is -0.508 e. The molecule has 3 nitrogen and oxygen atoms in total. The van der Waals surface area contributed by atoms with Gasteiger partial charge in [-0.05, 0) is 49.4 Å². The third kappa shape index (κ3) is 2.86. The molecule has 1 saturated heterocycles. The van der Waals surface area contributed by atoms with Crippen LogP contribution in [0.15, 0.2) is 18.2 Å². The summed E-state index contributed by atoms with van der Waals surface area (Å²) in [6, 6.07) is 5.04. The summed E-state index contributed by atoms with van der Waals surface area (Å²) in [4.78, 5) is 14.2. The molecule has 0 unspecified atom stereocenters. The highest BCUT2D eigenvalue weighted by atomic mass is 79.9. The molecule has 1 N–H and O–H groups in total. The van der Waals surface area contributed by atoms with E-state index in [9.17, 15) is 9.90 Å².